The smallest absolute Gasteiger partial charge is 0.354 e. The number of carbonyl (C=O) groups is 1. The van der Waals surface area contributed by atoms with E-state index in [2.05, 4.69) is 5.10 Å². The quantitative estimate of drug-likeness (QED) is 0.792. The van der Waals surface area contributed by atoms with Crippen molar-refractivity contribution in [1.82, 2.24) is 14.3 Å². The van der Waals surface area contributed by atoms with Crippen molar-refractivity contribution in [3.05, 3.63) is 40.6 Å². The molecule has 0 saturated carbocycles. The van der Waals surface area contributed by atoms with Gasteiger partial charge < -0.3 is 4.74 Å². The third-order valence-corrected chi connectivity index (χ3v) is 3.08. The first-order chi connectivity index (χ1) is 9.11. The molecule has 98 valence electrons. The Balaban J connectivity index is 2.02. The lowest BCUT2D eigenvalue weighted by Gasteiger charge is -2.15. The van der Waals surface area contributed by atoms with E-state index in [9.17, 15) is 9.59 Å². The van der Waals surface area contributed by atoms with Gasteiger partial charge in [0.2, 0.25) is 0 Å². The average Bonchev–Trinajstić information content (AvgIpc) is 2.88. The van der Waals surface area contributed by atoms with Crippen LogP contribution in [0.3, 0.4) is 0 Å². The van der Waals surface area contributed by atoms with E-state index in [0.717, 1.165) is 9.25 Å². The Morgan fingerprint density at radius 1 is 1.32 bits per heavy atom. The number of nitrogens with zero attached hydrogens (tertiary/aromatic N) is 4. The van der Waals surface area contributed by atoms with Gasteiger partial charge in [0.05, 0.1) is 13.7 Å². The molecule has 0 saturated heterocycles. The average molecular weight is 260 g/mol. The number of amides is 1. The maximum atomic E-state index is 12.2. The summed E-state index contributed by atoms with van der Waals surface area (Å²) >= 11 is 0. The van der Waals surface area contributed by atoms with Gasteiger partial charge in [-0.05, 0) is 12.1 Å². The topological polar surface area (TPSA) is 69.4 Å². The van der Waals surface area contributed by atoms with Gasteiger partial charge in [-0.2, -0.15) is 9.67 Å². The van der Waals surface area contributed by atoms with Crippen molar-refractivity contribution in [1.29, 1.82) is 0 Å². The number of fused-ring (bicyclic) bond motifs is 1. The summed E-state index contributed by atoms with van der Waals surface area (Å²) in [5.41, 5.74) is 0.252. The predicted octanol–water partition coefficient (Wildman–Crippen LogP) is 0.579. The zero-order valence-corrected chi connectivity index (χ0v) is 10.5. The van der Waals surface area contributed by atoms with E-state index < -0.39 is 5.69 Å². The molecule has 0 spiro atoms. The highest BCUT2D eigenvalue weighted by molar-refractivity contribution is 5.96. The van der Waals surface area contributed by atoms with E-state index >= 15 is 0 Å². The second kappa shape index (κ2) is 3.98. The van der Waals surface area contributed by atoms with Gasteiger partial charge in [0.15, 0.2) is 5.82 Å². The lowest BCUT2D eigenvalue weighted by molar-refractivity contribution is 0.250. The van der Waals surface area contributed by atoms with Gasteiger partial charge in [0.25, 0.3) is 0 Å². The van der Waals surface area contributed by atoms with Crippen LogP contribution in [0.1, 0.15) is 5.82 Å². The first-order valence-corrected chi connectivity index (χ1v) is 5.72. The van der Waals surface area contributed by atoms with Gasteiger partial charge in [-0.3, -0.25) is 4.90 Å². The molecule has 0 radical (unpaired) electrons. The Bertz CT molecular complexity index is 716. The highest BCUT2D eigenvalue weighted by atomic mass is 16.5. The normalized spacial score (nSPS) is 13.8. The zero-order chi connectivity index (χ0) is 13.6. The number of ether oxygens (including phenoxy) is 1. The molecule has 3 rings (SSSR count). The summed E-state index contributed by atoms with van der Waals surface area (Å²) < 4.78 is 7.37. The van der Waals surface area contributed by atoms with Crippen LogP contribution in [-0.2, 0) is 13.6 Å². The Kier molecular flexibility index (Phi) is 2.41. The molecule has 1 aromatic carbocycles. The maximum Gasteiger partial charge on any atom is 0.354 e. The first-order valence-electron chi connectivity index (χ1n) is 5.72. The third kappa shape index (κ3) is 1.62. The molecule has 0 N–H and O–H groups in total. The van der Waals surface area contributed by atoms with Crippen LogP contribution in [0.4, 0.5) is 10.5 Å². The summed E-state index contributed by atoms with van der Waals surface area (Å²) in [7, 11) is 3.09. The molecule has 2 aromatic rings. The van der Waals surface area contributed by atoms with Gasteiger partial charge in [0, 0.05) is 18.8 Å². The summed E-state index contributed by atoms with van der Waals surface area (Å²) in [6, 6.07) is 6.73. The van der Waals surface area contributed by atoms with Crippen molar-refractivity contribution in [3.8, 4) is 5.75 Å². The fourth-order valence-corrected chi connectivity index (χ4v) is 2.12. The molecule has 1 aliphatic heterocycles. The Morgan fingerprint density at radius 3 is 2.79 bits per heavy atom. The Labute approximate surface area is 108 Å². The largest absolute Gasteiger partial charge is 0.497 e. The minimum absolute atomic E-state index is 0.280. The standard InChI is InChI=1S/C12H12N4O3/c1-14-11(17)16-10(13-14)7-15(12(16)18)8-4-3-5-9(6-8)19-2/h3-6H,7H2,1-2H3. The fourth-order valence-electron chi connectivity index (χ4n) is 2.12. The van der Waals surface area contributed by atoms with Crippen LogP contribution >= 0.6 is 0 Å². The second-order valence-electron chi connectivity index (χ2n) is 4.23. The van der Waals surface area contributed by atoms with Gasteiger partial charge in [-0.1, -0.05) is 6.07 Å². The number of rotatable bonds is 2. The molecule has 7 heteroatoms. The molecule has 1 amide bonds. The first kappa shape index (κ1) is 11.5. The van der Waals surface area contributed by atoms with Gasteiger partial charge in [-0.15, -0.1) is 0 Å². The number of anilines is 1. The maximum absolute atomic E-state index is 12.2. The van der Waals surface area contributed by atoms with Crippen molar-refractivity contribution in [2.24, 2.45) is 7.05 Å². The second-order valence-corrected chi connectivity index (χ2v) is 4.23. The summed E-state index contributed by atoms with van der Waals surface area (Å²) in [6.07, 6.45) is 0. The Morgan fingerprint density at radius 2 is 2.11 bits per heavy atom. The van der Waals surface area contributed by atoms with Gasteiger partial charge in [-0.25, -0.2) is 14.3 Å². The van der Waals surface area contributed by atoms with E-state index in [1.165, 1.54) is 11.9 Å². The lowest BCUT2D eigenvalue weighted by Crippen LogP contribution is -2.34. The highest BCUT2D eigenvalue weighted by Crippen LogP contribution is 2.25. The minimum Gasteiger partial charge on any atom is -0.497 e. The predicted molar refractivity (Wildman–Crippen MR) is 67.4 cm³/mol. The Hall–Kier alpha value is -2.57. The van der Waals surface area contributed by atoms with Crippen molar-refractivity contribution < 1.29 is 9.53 Å². The van der Waals surface area contributed by atoms with Crippen molar-refractivity contribution in [3.63, 3.8) is 0 Å². The van der Waals surface area contributed by atoms with E-state index in [1.807, 2.05) is 0 Å². The van der Waals surface area contributed by atoms with Crippen LogP contribution in [0.2, 0.25) is 0 Å². The van der Waals surface area contributed by atoms with Crippen LogP contribution in [0, 0.1) is 0 Å². The number of carbonyl (C=O) groups excluding carboxylic acids is 1. The fraction of sp³-hybridized carbons (Fsp3) is 0.250. The van der Waals surface area contributed by atoms with E-state index in [4.69, 9.17) is 4.74 Å². The van der Waals surface area contributed by atoms with Crippen LogP contribution in [0.5, 0.6) is 5.75 Å². The van der Waals surface area contributed by atoms with Gasteiger partial charge >= 0.3 is 11.7 Å². The van der Waals surface area contributed by atoms with Crippen LogP contribution in [0.15, 0.2) is 29.1 Å². The van der Waals surface area contributed by atoms with Crippen LogP contribution in [-0.4, -0.2) is 27.5 Å². The summed E-state index contributed by atoms with van der Waals surface area (Å²) in [5, 5.41) is 4.03. The van der Waals surface area contributed by atoms with Gasteiger partial charge in [0.1, 0.15) is 5.75 Å². The van der Waals surface area contributed by atoms with E-state index in [0.29, 0.717) is 17.3 Å². The highest BCUT2D eigenvalue weighted by Gasteiger charge is 2.32. The number of methoxy groups -OCH3 is 1. The number of hydrogen-bond acceptors (Lipinski definition) is 4. The summed E-state index contributed by atoms with van der Waals surface area (Å²) in [6.45, 7) is 0.280. The van der Waals surface area contributed by atoms with Crippen LogP contribution < -0.4 is 15.3 Å². The molecule has 0 fully saturated rings. The SMILES string of the molecule is COc1cccc(N2Cc3nn(C)c(=O)n3C2=O)c1. The number of aromatic nitrogens is 3. The van der Waals surface area contributed by atoms with Crippen molar-refractivity contribution in [2.45, 2.75) is 6.54 Å². The molecular formula is C12H12N4O3. The van der Waals surface area contributed by atoms with Crippen molar-refractivity contribution >= 4 is 11.7 Å². The van der Waals surface area contributed by atoms with Crippen LogP contribution in [0.25, 0.3) is 0 Å². The van der Waals surface area contributed by atoms with E-state index in [1.54, 1.807) is 31.4 Å². The molecule has 1 aliphatic rings. The summed E-state index contributed by atoms with van der Waals surface area (Å²) in [5.74, 6) is 1.10. The lowest BCUT2D eigenvalue weighted by atomic mass is 10.3. The minimum atomic E-state index is -0.426. The molecule has 7 nitrogen and oxygen atoms in total. The molecule has 2 heterocycles. The number of aryl methyl sites for hydroxylation is 1. The molecular weight excluding hydrogens is 248 g/mol. The molecule has 19 heavy (non-hydrogen) atoms. The molecule has 0 unspecified atom stereocenters. The number of benzene rings is 1. The third-order valence-electron chi connectivity index (χ3n) is 3.08. The number of hydrogen-bond donors (Lipinski definition) is 0. The molecule has 1 aromatic heterocycles. The monoisotopic (exact) mass is 260 g/mol. The molecule has 0 aliphatic carbocycles. The molecule has 0 bridgehead atoms. The van der Waals surface area contributed by atoms with Crippen molar-refractivity contribution in [2.75, 3.05) is 12.0 Å². The summed E-state index contributed by atoms with van der Waals surface area (Å²) in [4.78, 5) is 25.5. The zero-order valence-electron chi connectivity index (χ0n) is 10.5. The molecule has 0 atom stereocenters. The van der Waals surface area contributed by atoms with E-state index in [-0.39, 0.29) is 12.6 Å².